The number of halogens is 1. The SMILES string of the molecule is C[C@H](NCc1ccc(OCc2cccc(Br)c2)c2c1CCCC2)C(N)=O. The maximum Gasteiger partial charge on any atom is 0.234 e. The molecule has 0 aliphatic heterocycles. The normalized spacial score (nSPS) is 14.5. The molecule has 0 bridgehead atoms. The average Bonchev–Trinajstić information content (AvgIpc) is 2.64. The Labute approximate surface area is 163 Å². The molecule has 138 valence electrons. The molecular formula is C21H25BrN2O2. The Kier molecular flexibility index (Phi) is 6.33. The van der Waals surface area contributed by atoms with Gasteiger partial charge in [-0.3, -0.25) is 4.79 Å². The first-order valence-electron chi connectivity index (χ1n) is 9.08. The maximum absolute atomic E-state index is 11.2. The first-order valence-corrected chi connectivity index (χ1v) is 9.87. The van der Waals surface area contributed by atoms with Gasteiger partial charge < -0.3 is 15.8 Å². The Morgan fingerprint density at radius 3 is 2.73 bits per heavy atom. The van der Waals surface area contributed by atoms with Crippen LogP contribution in [0.15, 0.2) is 40.9 Å². The van der Waals surface area contributed by atoms with Crippen LogP contribution in [0.1, 0.15) is 42.0 Å². The fourth-order valence-corrected chi connectivity index (χ4v) is 3.81. The van der Waals surface area contributed by atoms with Gasteiger partial charge in [-0.2, -0.15) is 0 Å². The smallest absolute Gasteiger partial charge is 0.234 e. The number of rotatable bonds is 7. The van der Waals surface area contributed by atoms with Crippen molar-refractivity contribution in [3.8, 4) is 5.75 Å². The van der Waals surface area contributed by atoms with Crippen LogP contribution in [0.3, 0.4) is 0 Å². The highest BCUT2D eigenvalue weighted by Crippen LogP contribution is 2.33. The number of nitrogens with one attached hydrogen (secondary N) is 1. The van der Waals surface area contributed by atoms with Gasteiger partial charge >= 0.3 is 0 Å². The number of ether oxygens (including phenoxy) is 1. The zero-order chi connectivity index (χ0) is 18.5. The van der Waals surface area contributed by atoms with Gasteiger partial charge in [0, 0.05) is 11.0 Å². The summed E-state index contributed by atoms with van der Waals surface area (Å²) in [6.45, 7) is 3.00. The fraction of sp³-hybridized carbons (Fsp3) is 0.381. The minimum Gasteiger partial charge on any atom is -0.489 e. The van der Waals surface area contributed by atoms with Crippen LogP contribution >= 0.6 is 15.9 Å². The van der Waals surface area contributed by atoms with E-state index in [0.717, 1.165) is 28.6 Å². The van der Waals surface area contributed by atoms with E-state index in [1.165, 1.54) is 29.5 Å². The van der Waals surface area contributed by atoms with Gasteiger partial charge in [-0.05, 0) is 73.1 Å². The second kappa shape index (κ2) is 8.69. The third-order valence-electron chi connectivity index (χ3n) is 4.90. The van der Waals surface area contributed by atoms with E-state index < -0.39 is 0 Å². The summed E-state index contributed by atoms with van der Waals surface area (Å²) in [5.74, 6) is 0.652. The van der Waals surface area contributed by atoms with E-state index in [9.17, 15) is 4.79 Å². The Balaban J connectivity index is 1.76. The van der Waals surface area contributed by atoms with E-state index in [1.54, 1.807) is 6.92 Å². The molecule has 0 spiro atoms. The molecule has 0 saturated carbocycles. The molecule has 1 amide bonds. The van der Waals surface area contributed by atoms with Crippen LogP contribution in [0.4, 0.5) is 0 Å². The van der Waals surface area contributed by atoms with Gasteiger partial charge in [0.2, 0.25) is 5.91 Å². The number of carbonyl (C=O) groups is 1. The van der Waals surface area contributed by atoms with Crippen LogP contribution in [0, 0.1) is 0 Å². The molecule has 1 aliphatic carbocycles. The van der Waals surface area contributed by atoms with Crippen LogP contribution in [-0.4, -0.2) is 11.9 Å². The summed E-state index contributed by atoms with van der Waals surface area (Å²) in [7, 11) is 0. The van der Waals surface area contributed by atoms with Crippen molar-refractivity contribution >= 4 is 21.8 Å². The lowest BCUT2D eigenvalue weighted by Crippen LogP contribution is -2.38. The van der Waals surface area contributed by atoms with Gasteiger partial charge in [-0.15, -0.1) is 0 Å². The Morgan fingerprint density at radius 2 is 2.00 bits per heavy atom. The molecule has 26 heavy (non-hydrogen) atoms. The van der Waals surface area contributed by atoms with E-state index in [4.69, 9.17) is 10.5 Å². The summed E-state index contributed by atoms with van der Waals surface area (Å²) >= 11 is 3.50. The third kappa shape index (κ3) is 4.65. The van der Waals surface area contributed by atoms with Crippen molar-refractivity contribution in [2.45, 2.75) is 51.8 Å². The first kappa shape index (κ1) is 18.9. The minimum absolute atomic E-state index is 0.326. The molecule has 3 N–H and O–H groups in total. The molecule has 1 atom stereocenters. The molecule has 2 aromatic rings. The molecule has 0 fully saturated rings. The average molecular weight is 417 g/mol. The standard InChI is InChI=1S/C21H25BrN2O2/c1-14(21(23)25)24-12-16-9-10-20(19-8-3-2-7-18(16)19)26-13-15-5-4-6-17(22)11-15/h4-6,9-11,14,24H,2-3,7-8,12-13H2,1H3,(H2,23,25)/t14-/m0/s1. The predicted octanol–water partition coefficient (Wildman–Crippen LogP) is 3.87. The van der Waals surface area contributed by atoms with E-state index in [-0.39, 0.29) is 11.9 Å². The van der Waals surface area contributed by atoms with Crippen molar-refractivity contribution in [1.29, 1.82) is 0 Å². The third-order valence-corrected chi connectivity index (χ3v) is 5.39. The number of fused-ring (bicyclic) bond motifs is 1. The first-order chi connectivity index (χ1) is 12.5. The summed E-state index contributed by atoms with van der Waals surface area (Å²) in [5, 5.41) is 3.21. The number of hydrogen-bond acceptors (Lipinski definition) is 3. The Morgan fingerprint density at radius 1 is 1.23 bits per heavy atom. The number of nitrogens with two attached hydrogens (primary N) is 1. The van der Waals surface area contributed by atoms with Crippen LogP contribution in [-0.2, 0) is 30.8 Å². The molecule has 3 rings (SSSR count). The second-order valence-corrected chi connectivity index (χ2v) is 7.73. The molecule has 1 aliphatic rings. The maximum atomic E-state index is 11.2. The predicted molar refractivity (Wildman–Crippen MR) is 107 cm³/mol. The van der Waals surface area contributed by atoms with Crippen LogP contribution in [0.5, 0.6) is 5.75 Å². The number of primary amides is 1. The summed E-state index contributed by atoms with van der Waals surface area (Å²) in [5.41, 5.74) is 10.4. The van der Waals surface area contributed by atoms with Crippen molar-refractivity contribution in [3.63, 3.8) is 0 Å². The molecule has 2 aromatic carbocycles. The van der Waals surface area contributed by atoms with E-state index >= 15 is 0 Å². The van der Waals surface area contributed by atoms with Crippen molar-refractivity contribution in [1.82, 2.24) is 5.32 Å². The highest BCUT2D eigenvalue weighted by Gasteiger charge is 2.19. The van der Waals surface area contributed by atoms with Gasteiger partial charge in [0.05, 0.1) is 6.04 Å². The number of amides is 1. The number of benzene rings is 2. The van der Waals surface area contributed by atoms with Crippen molar-refractivity contribution in [3.05, 3.63) is 63.1 Å². The lowest BCUT2D eigenvalue weighted by atomic mass is 9.87. The van der Waals surface area contributed by atoms with Crippen molar-refractivity contribution in [2.24, 2.45) is 5.73 Å². The fourth-order valence-electron chi connectivity index (χ4n) is 3.36. The van der Waals surface area contributed by atoms with Gasteiger partial charge in [0.1, 0.15) is 12.4 Å². The monoisotopic (exact) mass is 416 g/mol. The molecule has 0 heterocycles. The van der Waals surface area contributed by atoms with Crippen LogP contribution in [0.2, 0.25) is 0 Å². The Bertz CT molecular complexity index is 792. The molecule has 0 aromatic heterocycles. The van der Waals surface area contributed by atoms with Gasteiger partial charge in [0.25, 0.3) is 0 Å². The summed E-state index contributed by atoms with van der Waals surface area (Å²) in [4.78, 5) is 11.2. The second-order valence-electron chi connectivity index (χ2n) is 6.81. The minimum atomic E-state index is -0.332. The zero-order valence-electron chi connectivity index (χ0n) is 15.1. The summed E-state index contributed by atoms with van der Waals surface area (Å²) in [6, 6.07) is 12.0. The number of carbonyl (C=O) groups excluding carboxylic acids is 1. The van der Waals surface area contributed by atoms with E-state index in [0.29, 0.717) is 13.2 Å². The highest BCUT2D eigenvalue weighted by molar-refractivity contribution is 9.10. The van der Waals surface area contributed by atoms with Crippen molar-refractivity contribution < 1.29 is 9.53 Å². The lowest BCUT2D eigenvalue weighted by Gasteiger charge is -2.23. The summed E-state index contributed by atoms with van der Waals surface area (Å²) < 4.78 is 7.21. The Hall–Kier alpha value is -1.85. The van der Waals surface area contributed by atoms with E-state index in [1.807, 2.05) is 12.1 Å². The van der Waals surface area contributed by atoms with Gasteiger partial charge in [-0.25, -0.2) is 0 Å². The topological polar surface area (TPSA) is 64.3 Å². The summed E-state index contributed by atoms with van der Waals surface area (Å²) in [6.07, 6.45) is 4.49. The van der Waals surface area contributed by atoms with Crippen LogP contribution in [0.25, 0.3) is 0 Å². The highest BCUT2D eigenvalue weighted by atomic mass is 79.9. The lowest BCUT2D eigenvalue weighted by molar-refractivity contribution is -0.119. The largest absolute Gasteiger partial charge is 0.489 e. The molecule has 4 nitrogen and oxygen atoms in total. The van der Waals surface area contributed by atoms with Gasteiger partial charge in [0.15, 0.2) is 0 Å². The van der Waals surface area contributed by atoms with E-state index in [2.05, 4.69) is 45.5 Å². The quantitative estimate of drug-likeness (QED) is 0.719. The molecular weight excluding hydrogens is 392 g/mol. The number of hydrogen-bond donors (Lipinski definition) is 2. The molecule has 0 saturated heterocycles. The van der Waals surface area contributed by atoms with Gasteiger partial charge in [-0.1, -0.05) is 34.1 Å². The zero-order valence-corrected chi connectivity index (χ0v) is 16.6. The van der Waals surface area contributed by atoms with Crippen LogP contribution < -0.4 is 15.8 Å². The van der Waals surface area contributed by atoms with Crippen molar-refractivity contribution in [2.75, 3.05) is 0 Å². The molecule has 0 unspecified atom stereocenters. The molecule has 5 heteroatoms. The molecule has 0 radical (unpaired) electrons.